The summed E-state index contributed by atoms with van der Waals surface area (Å²) in [6.07, 6.45) is 0.518. The summed E-state index contributed by atoms with van der Waals surface area (Å²) in [5.74, 6) is -4.05. The molecule has 1 aliphatic heterocycles. The van der Waals surface area contributed by atoms with Crippen LogP contribution in [0.3, 0.4) is 0 Å². The van der Waals surface area contributed by atoms with Crippen LogP contribution in [-0.4, -0.2) is 70.3 Å². The molecule has 4 amide bonds. The molecule has 7 N–H and O–H groups in total. The van der Waals surface area contributed by atoms with Gasteiger partial charge in [0, 0.05) is 13.0 Å². The molecule has 0 radical (unpaired) electrons. The van der Waals surface area contributed by atoms with Gasteiger partial charge in [0.05, 0.1) is 12.5 Å². The molecular weight excluding hydrogens is 442 g/mol. The first kappa shape index (κ1) is 26.8. The highest BCUT2D eigenvalue weighted by Gasteiger charge is 2.38. The summed E-state index contributed by atoms with van der Waals surface area (Å²) in [4.78, 5) is 63.0. The molecule has 34 heavy (non-hydrogen) atoms. The number of nitrogens with two attached hydrogens (primary N) is 2. The zero-order chi connectivity index (χ0) is 25.4. The molecule has 1 saturated heterocycles. The number of amides is 4. The Hall–Kier alpha value is -3.47. The molecule has 0 spiro atoms. The van der Waals surface area contributed by atoms with Crippen LogP contribution in [0.15, 0.2) is 30.3 Å². The van der Waals surface area contributed by atoms with Gasteiger partial charge in [-0.05, 0) is 24.3 Å². The summed E-state index contributed by atoms with van der Waals surface area (Å²) in [7, 11) is 0. The van der Waals surface area contributed by atoms with Crippen LogP contribution >= 0.6 is 0 Å². The molecule has 0 bridgehead atoms. The third-order valence-corrected chi connectivity index (χ3v) is 5.78. The maximum Gasteiger partial charge on any atom is 0.326 e. The van der Waals surface area contributed by atoms with E-state index in [9.17, 15) is 29.1 Å². The third-order valence-electron chi connectivity index (χ3n) is 5.78. The van der Waals surface area contributed by atoms with Crippen LogP contribution in [0.1, 0.15) is 38.7 Å². The molecule has 11 heteroatoms. The SMILES string of the molecule is CC(C)C(N)C(=O)N1CCCC1C(=O)NC(Cc1ccccc1)C(=O)NC(CC(N)=O)C(=O)O. The first-order valence-corrected chi connectivity index (χ1v) is 11.2. The molecule has 1 aromatic rings. The van der Waals surface area contributed by atoms with Crippen molar-refractivity contribution in [3.05, 3.63) is 35.9 Å². The lowest BCUT2D eigenvalue weighted by Crippen LogP contribution is -2.57. The summed E-state index contributed by atoms with van der Waals surface area (Å²) < 4.78 is 0. The highest BCUT2D eigenvalue weighted by atomic mass is 16.4. The topological polar surface area (TPSA) is 185 Å². The van der Waals surface area contributed by atoms with Crippen molar-refractivity contribution in [1.82, 2.24) is 15.5 Å². The van der Waals surface area contributed by atoms with Crippen molar-refractivity contribution in [2.75, 3.05) is 6.54 Å². The molecule has 4 unspecified atom stereocenters. The molecule has 1 aliphatic rings. The van der Waals surface area contributed by atoms with Gasteiger partial charge in [-0.25, -0.2) is 4.79 Å². The van der Waals surface area contributed by atoms with Crippen molar-refractivity contribution in [1.29, 1.82) is 0 Å². The molecule has 1 fully saturated rings. The Morgan fingerprint density at radius 1 is 1.09 bits per heavy atom. The minimum atomic E-state index is -1.53. The summed E-state index contributed by atoms with van der Waals surface area (Å²) in [5.41, 5.74) is 11.8. The predicted octanol–water partition coefficient (Wildman–Crippen LogP) is -0.867. The summed E-state index contributed by atoms with van der Waals surface area (Å²) in [6, 6.07) is 4.65. The number of hydrogen-bond donors (Lipinski definition) is 5. The van der Waals surface area contributed by atoms with E-state index in [-0.39, 0.29) is 18.2 Å². The largest absolute Gasteiger partial charge is 0.480 e. The van der Waals surface area contributed by atoms with E-state index in [0.29, 0.717) is 19.4 Å². The van der Waals surface area contributed by atoms with Gasteiger partial charge in [0.15, 0.2) is 0 Å². The third kappa shape index (κ3) is 7.27. The van der Waals surface area contributed by atoms with Gasteiger partial charge in [-0.2, -0.15) is 0 Å². The normalized spacial score (nSPS) is 18.1. The number of nitrogens with zero attached hydrogens (tertiary/aromatic N) is 1. The molecular formula is C23H33N5O6. The Balaban J connectivity index is 2.21. The smallest absolute Gasteiger partial charge is 0.326 e. The van der Waals surface area contributed by atoms with E-state index in [1.54, 1.807) is 30.3 Å². The Bertz CT molecular complexity index is 906. The van der Waals surface area contributed by atoms with Crippen molar-refractivity contribution in [3.8, 4) is 0 Å². The highest BCUT2D eigenvalue weighted by molar-refractivity contribution is 5.95. The fraction of sp³-hybridized carbons (Fsp3) is 0.522. The molecule has 1 aromatic carbocycles. The summed E-state index contributed by atoms with van der Waals surface area (Å²) in [5, 5.41) is 14.3. The van der Waals surface area contributed by atoms with Gasteiger partial charge in [0.1, 0.15) is 18.1 Å². The van der Waals surface area contributed by atoms with Crippen molar-refractivity contribution in [2.24, 2.45) is 17.4 Å². The zero-order valence-electron chi connectivity index (χ0n) is 19.4. The van der Waals surface area contributed by atoms with Crippen LogP contribution in [0, 0.1) is 5.92 Å². The lowest BCUT2D eigenvalue weighted by Gasteiger charge is -2.29. The molecule has 0 aromatic heterocycles. The second-order valence-corrected chi connectivity index (χ2v) is 8.78. The van der Waals surface area contributed by atoms with E-state index < -0.39 is 54.3 Å². The average Bonchev–Trinajstić information content (AvgIpc) is 3.27. The molecule has 4 atom stereocenters. The van der Waals surface area contributed by atoms with Gasteiger partial charge in [-0.1, -0.05) is 44.2 Å². The Morgan fingerprint density at radius 3 is 2.29 bits per heavy atom. The lowest BCUT2D eigenvalue weighted by atomic mass is 10.0. The van der Waals surface area contributed by atoms with Gasteiger partial charge in [-0.15, -0.1) is 0 Å². The van der Waals surface area contributed by atoms with Gasteiger partial charge >= 0.3 is 5.97 Å². The molecule has 2 rings (SSSR count). The van der Waals surface area contributed by atoms with Crippen molar-refractivity contribution < 1.29 is 29.1 Å². The van der Waals surface area contributed by atoms with E-state index in [1.807, 2.05) is 13.8 Å². The monoisotopic (exact) mass is 475 g/mol. The fourth-order valence-corrected chi connectivity index (χ4v) is 3.78. The van der Waals surface area contributed by atoms with Crippen molar-refractivity contribution in [3.63, 3.8) is 0 Å². The zero-order valence-corrected chi connectivity index (χ0v) is 19.4. The first-order valence-electron chi connectivity index (χ1n) is 11.2. The standard InChI is InChI=1S/C23H33N5O6/c1-13(2)19(25)22(32)28-10-6-9-17(28)21(31)26-15(11-14-7-4-3-5-8-14)20(30)27-16(23(33)34)12-18(24)29/h3-5,7-8,13,15-17,19H,6,9-12,25H2,1-2H3,(H2,24,29)(H,26,31)(H,27,30)(H,33,34). The fourth-order valence-electron chi connectivity index (χ4n) is 3.78. The Kier molecular flexibility index (Phi) is 9.55. The number of likely N-dealkylation sites (tertiary alicyclic amines) is 1. The Labute approximate surface area is 198 Å². The van der Waals surface area contributed by atoms with E-state index in [2.05, 4.69) is 10.6 Å². The molecule has 186 valence electrons. The minimum absolute atomic E-state index is 0.0769. The van der Waals surface area contributed by atoms with E-state index in [0.717, 1.165) is 5.56 Å². The number of benzene rings is 1. The minimum Gasteiger partial charge on any atom is -0.480 e. The number of carboxylic acids is 1. The van der Waals surface area contributed by atoms with E-state index in [4.69, 9.17) is 11.5 Å². The van der Waals surface area contributed by atoms with Crippen LogP contribution in [-0.2, 0) is 30.4 Å². The maximum absolute atomic E-state index is 13.1. The number of carbonyl (C=O) groups is 5. The first-order chi connectivity index (χ1) is 16.0. The number of aliphatic carboxylic acids is 1. The molecule has 11 nitrogen and oxygen atoms in total. The van der Waals surface area contributed by atoms with Gasteiger partial charge in [0.2, 0.25) is 23.6 Å². The number of carbonyl (C=O) groups excluding carboxylic acids is 4. The highest BCUT2D eigenvalue weighted by Crippen LogP contribution is 2.20. The predicted molar refractivity (Wildman–Crippen MR) is 123 cm³/mol. The van der Waals surface area contributed by atoms with Crippen molar-refractivity contribution in [2.45, 2.75) is 63.7 Å². The molecule has 0 saturated carbocycles. The van der Waals surface area contributed by atoms with Crippen LogP contribution in [0.5, 0.6) is 0 Å². The van der Waals surface area contributed by atoms with Gasteiger partial charge < -0.3 is 32.1 Å². The van der Waals surface area contributed by atoms with Crippen molar-refractivity contribution >= 4 is 29.6 Å². The maximum atomic E-state index is 13.1. The van der Waals surface area contributed by atoms with Gasteiger partial charge in [-0.3, -0.25) is 19.2 Å². The summed E-state index contributed by atoms with van der Waals surface area (Å²) in [6.45, 7) is 4.02. The number of carboxylic acid groups (broad SMARTS) is 1. The summed E-state index contributed by atoms with van der Waals surface area (Å²) >= 11 is 0. The average molecular weight is 476 g/mol. The number of nitrogens with one attached hydrogen (secondary N) is 2. The van der Waals surface area contributed by atoms with Gasteiger partial charge in [0.25, 0.3) is 0 Å². The lowest BCUT2D eigenvalue weighted by molar-refractivity contribution is -0.144. The number of primary amides is 1. The van der Waals surface area contributed by atoms with E-state index >= 15 is 0 Å². The Morgan fingerprint density at radius 2 is 1.74 bits per heavy atom. The second kappa shape index (κ2) is 12.1. The second-order valence-electron chi connectivity index (χ2n) is 8.78. The van der Waals surface area contributed by atoms with Crippen LogP contribution in [0.25, 0.3) is 0 Å². The van der Waals surface area contributed by atoms with Crippen LogP contribution in [0.2, 0.25) is 0 Å². The molecule has 0 aliphatic carbocycles. The van der Waals surface area contributed by atoms with Crippen LogP contribution < -0.4 is 22.1 Å². The quantitative estimate of drug-likeness (QED) is 0.275. The number of hydrogen-bond acceptors (Lipinski definition) is 6. The van der Waals surface area contributed by atoms with Crippen LogP contribution in [0.4, 0.5) is 0 Å². The van der Waals surface area contributed by atoms with E-state index in [1.165, 1.54) is 4.90 Å². The molecule has 1 heterocycles. The number of rotatable bonds is 11.